The van der Waals surface area contributed by atoms with Crippen molar-refractivity contribution in [1.29, 1.82) is 0 Å². The predicted octanol–water partition coefficient (Wildman–Crippen LogP) is 0.825. The molecule has 3 N–H and O–H groups in total. The van der Waals surface area contributed by atoms with Crippen LogP contribution in [0.25, 0.3) is 6.08 Å². The lowest BCUT2D eigenvalue weighted by Crippen LogP contribution is -2.22. The SMILES string of the molecule is CC(=O)Nc1ccccc1/C=C1\NC(=O)NC1=O. The van der Waals surface area contributed by atoms with Crippen LogP contribution in [0.3, 0.4) is 0 Å². The number of urea groups is 1. The second kappa shape index (κ2) is 4.70. The van der Waals surface area contributed by atoms with Gasteiger partial charge in [0.15, 0.2) is 0 Å². The Morgan fingerprint density at radius 2 is 1.94 bits per heavy atom. The van der Waals surface area contributed by atoms with Crippen LogP contribution in [0.5, 0.6) is 0 Å². The molecule has 6 nitrogen and oxygen atoms in total. The highest BCUT2D eigenvalue weighted by molar-refractivity contribution is 6.14. The molecule has 6 heteroatoms. The zero-order valence-corrected chi connectivity index (χ0v) is 9.61. The van der Waals surface area contributed by atoms with Gasteiger partial charge in [-0.3, -0.25) is 14.9 Å². The Kier molecular flexibility index (Phi) is 3.09. The second-order valence-electron chi connectivity index (χ2n) is 3.73. The van der Waals surface area contributed by atoms with Crippen molar-refractivity contribution >= 4 is 29.6 Å². The molecule has 0 atom stereocenters. The molecule has 1 aliphatic rings. The van der Waals surface area contributed by atoms with Crippen LogP contribution in [-0.4, -0.2) is 17.8 Å². The third-order valence-corrected chi connectivity index (χ3v) is 2.29. The van der Waals surface area contributed by atoms with Gasteiger partial charge in [0, 0.05) is 18.2 Å². The van der Waals surface area contributed by atoms with Gasteiger partial charge in [-0.1, -0.05) is 18.2 Å². The van der Waals surface area contributed by atoms with E-state index in [1.165, 1.54) is 13.0 Å². The quantitative estimate of drug-likeness (QED) is 0.532. The third kappa shape index (κ3) is 2.54. The summed E-state index contributed by atoms with van der Waals surface area (Å²) in [7, 11) is 0. The average molecular weight is 245 g/mol. The van der Waals surface area contributed by atoms with E-state index in [1.54, 1.807) is 24.3 Å². The number of imide groups is 1. The molecule has 1 saturated heterocycles. The van der Waals surface area contributed by atoms with E-state index in [0.29, 0.717) is 11.3 Å². The number of amides is 4. The van der Waals surface area contributed by atoms with Gasteiger partial charge in [0.2, 0.25) is 5.91 Å². The summed E-state index contributed by atoms with van der Waals surface area (Å²) in [5.74, 6) is -0.696. The Bertz CT molecular complexity index is 563. The van der Waals surface area contributed by atoms with Crippen molar-refractivity contribution in [2.75, 3.05) is 5.32 Å². The van der Waals surface area contributed by atoms with Gasteiger partial charge in [0.05, 0.1) is 0 Å². The monoisotopic (exact) mass is 245 g/mol. The first-order chi connectivity index (χ1) is 8.56. The first-order valence-electron chi connectivity index (χ1n) is 5.27. The molecule has 0 aromatic heterocycles. The lowest BCUT2D eigenvalue weighted by molar-refractivity contribution is -0.116. The summed E-state index contributed by atoms with van der Waals surface area (Å²) in [4.78, 5) is 33.4. The van der Waals surface area contributed by atoms with E-state index in [-0.39, 0.29) is 11.6 Å². The molecule has 1 aliphatic heterocycles. The first-order valence-corrected chi connectivity index (χ1v) is 5.27. The molecule has 4 amide bonds. The number of rotatable bonds is 2. The molecule has 0 spiro atoms. The fraction of sp³-hybridized carbons (Fsp3) is 0.0833. The fourth-order valence-corrected chi connectivity index (χ4v) is 1.56. The molecule has 0 unspecified atom stereocenters. The second-order valence-corrected chi connectivity index (χ2v) is 3.73. The summed E-state index contributed by atoms with van der Waals surface area (Å²) in [5.41, 5.74) is 1.37. The molecule has 1 aromatic carbocycles. The molecule has 1 aromatic rings. The summed E-state index contributed by atoms with van der Waals surface area (Å²) in [6.07, 6.45) is 1.51. The highest BCUT2D eigenvalue weighted by Gasteiger charge is 2.22. The minimum atomic E-state index is -0.553. The molecule has 92 valence electrons. The number of hydrogen-bond acceptors (Lipinski definition) is 3. The number of carbonyl (C=O) groups is 3. The van der Waals surface area contributed by atoms with Crippen molar-refractivity contribution in [3.8, 4) is 0 Å². The van der Waals surface area contributed by atoms with Crippen LogP contribution in [0.1, 0.15) is 12.5 Å². The number of para-hydroxylation sites is 1. The van der Waals surface area contributed by atoms with Crippen LogP contribution < -0.4 is 16.0 Å². The standard InChI is InChI=1S/C12H11N3O3/c1-7(16)13-9-5-3-2-4-8(9)6-10-11(17)15-12(18)14-10/h2-6H,1H3,(H,13,16)(H2,14,15,17,18)/b10-6-. The van der Waals surface area contributed by atoms with Crippen molar-refractivity contribution in [1.82, 2.24) is 10.6 Å². The highest BCUT2D eigenvalue weighted by Crippen LogP contribution is 2.18. The van der Waals surface area contributed by atoms with Crippen molar-refractivity contribution in [2.45, 2.75) is 6.92 Å². The van der Waals surface area contributed by atoms with Gasteiger partial charge < -0.3 is 10.6 Å². The Morgan fingerprint density at radius 3 is 2.56 bits per heavy atom. The molecule has 18 heavy (non-hydrogen) atoms. The van der Waals surface area contributed by atoms with Gasteiger partial charge in [-0.2, -0.15) is 0 Å². The average Bonchev–Trinajstić information content (AvgIpc) is 2.59. The summed E-state index contributed by atoms with van der Waals surface area (Å²) < 4.78 is 0. The van der Waals surface area contributed by atoms with Crippen molar-refractivity contribution in [3.05, 3.63) is 35.5 Å². The molecule has 0 radical (unpaired) electrons. The van der Waals surface area contributed by atoms with Crippen LogP contribution in [0.4, 0.5) is 10.5 Å². The largest absolute Gasteiger partial charge is 0.326 e. The summed E-state index contributed by atoms with van der Waals surface area (Å²) in [6.45, 7) is 1.40. The van der Waals surface area contributed by atoms with E-state index < -0.39 is 11.9 Å². The topological polar surface area (TPSA) is 87.3 Å². The molecule has 0 aliphatic carbocycles. The summed E-state index contributed by atoms with van der Waals surface area (Å²) >= 11 is 0. The number of hydrogen-bond donors (Lipinski definition) is 3. The van der Waals surface area contributed by atoms with Gasteiger partial charge in [-0.15, -0.1) is 0 Å². The van der Waals surface area contributed by atoms with E-state index >= 15 is 0 Å². The number of carbonyl (C=O) groups excluding carboxylic acids is 3. The Labute approximate surface area is 103 Å². The normalized spacial score (nSPS) is 16.4. The number of nitrogens with one attached hydrogen (secondary N) is 3. The fourth-order valence-electron chi connectivity index (χ4n) is 1.56. The Balaban J connectivity index is 2.34. The van der Waals surface area contributed by atoms with Gasteiger partial charge in [-0.05, 0) is 12.1 Å². The minimum Gasteiger partial charge on any atom is -0.326 e. The lowest BCUT2D eigenvalue weighted by Gasteiger charge is -2.06. The highest BCUT2D eigenvalue weighted by atomic mass is 16.2. The zero-order valence-electron chi connectivity index (χ0n) is 9.61. The summed E-state index contributed by atoms with van der Waals surface area (Å²) in [5, 5.41) is 7.13. The van der Waals surface area contributed by atoms with Gasteiger partial charge in [0.25, 0.3) is 5.91 Å². The lowest BCUT2D eigenvalue weighted by atomic mass is 10.1. The molecule has 1 fully saturated rings. The van der Waals surface area contributed by atoms with E-state index in [2.05, 4.69) is 16.0 Å². The minimum absolute atomic E-state index is 0.151. The predicted molar refractivity (Wildman–Crippen MR) is 65.4 cm³/mol. The van der Waals surface area contributed by atoms with E-state index in [0.717, 1.165) is 0 Å². The molecule has 2 rings (SSSR count). The van der Waals surface area contributed by atoms with E-state index in [4.69, 9.17) is 0 Å². The molecular weight excluding hydrogens is 234 g/mol. The van der Waals surface area contributed by atoms with Crippen LogP contribution >= 0.6 is 0 Å². The van der Waals surface area contributed by atoms with Crippen molar-refractivity contribution < 1.29 is 14.4 Å². The van der Waals surface area contributed by atoms with Gasteiger partial charge in [-0.25, -0.2) is 4.79 Å². The maximum Gasteiger partial charge on any atom is 0.326 e. The molecule has 0 saturated carbocycles. The van der Waals surface area contributed by atoms with Crippen molar-refractivity contribution in [2.24, 2.45) is 0 Å². The molecular formula is C12H11N3O3. The number of benzene rings is 1. The maximum atomic E-state index is 11.4. The van der Waals surface area contributed by atoms with Crippen LogP contribution in [0, 0.1) is 0 Å². The smallest absolute Gasteiger partial charge is 0.326 e. The maximum absolute atomic E-state index is 11.4. The van der Waals surface area contributed by atoms with Crippen LogP contribution in [-0.2, 0) is 9.59 Å². The Morgan fingerprint density at radius 1 is 1.22 bits per heavy atom. The van der Waals surface area contributed by atoms with E-state index in [1.807, 2.05) is 0 Å². The third-order valence-electron chi connectivity index (χ3n) is 2.29. The van der Waals surface area contributed by atoms with E-state index in [9.17, 15) is 14.4 Å². The van der Waals surface area contributed by atoms with Crippen molar-refractivity contribution in [3.63, 3.8) is 0 Å². The number of anilines is 1. The first kappa shape index (κ1) is 11.8. The summed E-state index contributed by atoms with van der Waals surface area (Å²) in [6, 6.07) is 6.43. The van der Waals surface area contributed by atoms with Gasteiger partial charge >= 0.3 is 6.03 Å². The molecule has 1 heterocycles. The van der Waals surface area contributed by atoms with Gasteiger partial charge in [0.1, 0.15) is 5.70 Å². The molecule has 0 bridgehead atoms. The van der Waals surface area contributed by atoms with Crippen LogP contribution in [0.15, 0.2) is 30.0 Å². The Hall–Kier alpha value is -2.63. The van der Waals surface area contributed by atoms with Crippen LogP contribution in [0.2, 0.25) is 0 Å². The zero-order chi connectivity index (χ0) is 13.1.